The number of hydrogen-bond donors (Lipinski definition) is 1. The maximum Gasteiger partial charge on any atom is 0.127 e. The fourth-order valence-electron chi connectivity index (χ4n) is 2.58. The zero-order valence-corrected chi connectivity index (χ0v) is 12.9. The van der Waals surface area contributed by atoms with Crippen molar-refractivity contribution in [3.8, 4) is 11.5 Å². The first-order valence-corrected chi connectivity index (χ1v) is 7.26. The average Bonchev–Trinajstić information content (AvgIpc) is 2.54. The molecule has 2 rings (SSSR count). The molecule has 0 aliphatic carbocycles. The van der Waals surface area contributed by atoms with E-state index in [1.54, 1.807) is 14.2 Å². The molecule has 112 valence electrons. The lowest BCUT2D eigenvalue weighted by molar-refractivity contribution is 0.382. The molecule has 3 heteroatoms. The highest BCUT2D eigenvalue weighted by molar-refractivity contribution is 5.50. The minimum Gasteiger partial charge on any atom is -0.496 e. The summed E-state index contributed by atoms with van der Waals surface area (Å²) in [4.78, 5) is 0. The van der Waals surface area contributed by atoms with Crippen molar-refractivity contribution < 1.29 is 9.47 Å². The Morgan fingerprint density at radius 1 is 1.00 bits per heavy atom. The van der Waals surface area contributed by atoms with Crippen LogP contribution in [0.3, 0.4) is 0 Å². The van der Waals surface area contributed by atoms with Crippen LogP contribution < -0.4 is 15.2 Å². The molecule has 21 heavy (non-hydrogen) atoms. The van der Waals surface area contributed by atoms with E-state index in [1.165, 1.54) is 5.56 Å². The summed E-state index contributed by atoms with van der Waals surface area (Å²) in [5.41, 5.74) is 9.74. The lowest BCUT2D eigenvalue weighted by Gasteiger charge is -2.19. The number of hydrogen-bond acceptors (Lipinski definition) is 3. The zero-order chi connectivity index (χ0) is 15.2. The van der Waals surface area contributed by atoms with Crippen molar-refractivity contribution in [2.75, 3.05) is 14.2 Å². The Labute approximate surface area is 126 Å². The molecule has 1 atom stereocenters. The molecule has 0 bridgehead atoms. The highest BCUT2D eigenvalue weighted by atomic mass is 16.5. The average molecular weight is 285 g/mol. The highest BCUT2D eigenvalue weighted by Gasteiger charge is 2.19. The van der Waals surface area contributed by atoms with Crippen LogP contribution >= 0.6 is 0 Å². The lowest BCUT2D eigenvalue weighted by Crippen LogP contribution is -2.14. The van der Waals surface area contributed by atoms with E-state index >= 15 is 0 Å². The van der Waals surface area contributed by atoms with Gasteiger partial charge in [-0.3, -0.25) is 0 Å². The molecule has 0 amide bonds. The fourth-order valence-corrected chi connectivity index (χ4v) is 2.58. The van der Waals surface area contributed by atoms with Crippen molar-refractivity contribution in [2.45, 2.75) is 25.8 Å². The first kappa shape index (κ1) is 15.4. The van der Waals surface area contributed by atoms with Crippen LogP contribution in [0.25, 0.3) is 0 Å². The van der Waals surface area contributed by atoms with E-state index in [2.05, 4.69) is 31.2 Å². The van der Waals surface area contributed by atoms with Gasteiger partial charge in [0.25, 0.3) is 0 Å². The van der Waals surface area contributed by atoms with E-state index in [0.29, 0.717) is 0 Å². The first-order valence-electron chi connectivity index (χ1n) is 7.26. The highest BCUT2D eigenvalue weighted by Crippen LogP contribution is 2.36. The molecule has 3 nitrogen and oxygen atoms in total. The molecule has 0 aliphatic heterocycles. The summed E-state index contributed by atoms with van der Waals surface area (Å²) in [6.07, 6.45) is 2.18. The van der Waals surface area contributed by atoms with Crippen LogP contribution in [0.5, 0.6) is 11.5 Å². The number of methoxy groups -OCH3 is 2. The molecule has 0 aromatic heterocycles. The van der Waals surface area contributed by atoms with Crippen LogP contribution in [-0.2, 0) is 6.42 Å². The predicted octanol–water partition coefficient (Wildman–Crippen LogP) is 3.70. The Kier molecular flexibility index (Phi) is 5.23. The van der Waals surface area contributed by atoms with Gasteiger partial charge >= 0.3 is 0 Å². The summed E-state index contributed by atoms with van der Waals surface area (Å²) >= 11 is 0. The minimum absolute atomic E-state index is 0.270. The van der Waals surface area contributed by atoms with Gasteiger partial charge in [0.05, 0.1) is 25.8 Å². The van der Waals surface area contributed by atoms with Crippen LogP contribution in [0.2, 0.25) is 0 Å². The molecular formula is C18H23NO2. The van der Waals surface area contributed by atoms with Crippen LogP contribution in [-0.4, -0.2) is 14.2 Å². The third kappa shape index (κ3) is 3.37. The second-order valence-corrected chi connectivity index (χ2v) is 5.05. The number of ether oxygens (including phenoxy) is 2. The molecule has 2 aromatic rings. The maximum absolute atomic E-state index is 6.47. The van der Waals surface area contributed by atoms with Crippen molar-refractivity contribution in [1.29, 1.82) is 0 Å². The maximum atomic E-state index is 6.47. The van der Waals surface area contributed by atoms with Crippen LogP contribution in [0, 0.1) is 0 Å². The van der Waals surface area contributed by atoms with Gasteiger partial charge in [0.2, 0.25) is 0 Å². The van der Waals surface area contributed by atoms with E-state index in [4.69, 9.17) is 15.2 Å². The summed E-state index contributed by atoms with van der Waals surface area (Å²) in [6.45, 7) is 2.18. The number of nitrogens with two attached hydrogens (primary N) is 1. The number of aryl methyl sites for hydroxylation is 1. The molecule has 0 saturated heterocycles. The Morgan fingerprint density at radius 2 is 1.62 bits per heavy atom. The van der Waals surface area contributed by atoms with Crippen molar-refractivity contribution in [1.82, 2.24) is 0 Å². The molecule has 0 spiro atoms. The molecule has 0 aliphatic rings. The number of benzene rings is 2. The third-order valence-corrected chi connectivity index (χ3v) is 3.63. The predicted molar refractivity (Wildman–Crippen MR) is 86.0 cm³/mol. The molecule has 2 aromatic carbocycles. The normalized spacial score (nSPS) is 12.0. The van der Waals surface area contributed by atoms with Gasteiger partial charge in [0.1, 0.15) is 11.5 Å². The molecule has 1 unspecified atom stereocenters. The Morgan fingerprint density at radius 3 is 2.19 bits per heavy atom. The second kappa shape index (κ2) is 7.14. The summed E-state index contributed by atoms with van der Waals surface area (Å²) in [5.74, 6) is 1.51. The van der Waals surface area contributed by atoms with Crippen molar-refractivity contribution >= 4 is 0 Å². The molecular weight excluding hydrogens is 262 g/mol. The summed E-state index contributed by atoms with van der Waals surface area (Å²) in [5, 5.41) is 0. The van der Waals surface area contributed by atoms with E-state index < -0.39 is 0 Å². The van der Waals surface area contributed by atoms with Gasteiger partial charge < -0.3 is 15.2 Å². The van der Waals surface area contributed by atoms with Crippen LogP contribution in [0.15, 0.2) is 42.5 Å². The van der Waals surface area contributed by atoms with Crippen LogP contribution in [0.1, 0.15) is 36.1 Å². The largest absolute Gasteiger partial charge is 0.496 e. The zero-order valence-electron chi connectivity index (χ0n) is 12.9. The van der Waals surface area contributed by atoms with Gasteiger partial charge in [-0.2, -0.15) is 0 Å². The summed E-state index contributed by atoms with van der Waals surface area (Å²) in [7, 11) is 3.30. The molecule has 0 fully saturated rings. The Balaban J connectivity index is 2.44. The smallest absolute Gasteiger partial charge is 0.127 e. The second-order valence-electron chi connectivity index (χ2n) is 5.05. The van der Waals surface area contributed by atoms with E-state index in [-0.39, 0.29) is 6.04 Å². The van der Waals surface area contributed by atoms with E-state index in [1.807, 2.05) is 18.2 Å². The van der Waals surface area contributed by atoms with Gasteiger partial charge in [-0.1, -0.05) is 43.7 Å². The Hall–Kier alpha value is -2.00. The first-order chi connectivity index (χ1) is 10.2. The third-order valence-electron chi connectivity index (χ3n) is 3.63. The van der Waals surface area contributed by atoms with E-state index in [9.17, 15) is 0 Å². The lowest BCUT2D eigenvalue weighted by atomic mass is 9.95. The van der Waals surface area contributed by atoms with Gasteiger partial charge in [-0.05, 0) is 29.7 Å². The molecule has 0 heterocycles. The Bertz CT molecular complexity index is 573. The quantitative estimate of drug-likeness (QED) is 0.880. The standard InChI is InChI=1S/C18H23NO2/c1-4-7-13-8-5-9-14(12-13)18(19)17-15(20-2)10-6-11-16(17)21-3/h5-6,8-12,18H,4,7,19H2,1-3H3. The molecule has 0 saturated carbocycles. The molecule has 0 radical (unpaired) electrons. The molecule has 2 N–H and O–H groups in total. The van der Waals surface area contributed by atoms with Crippen molar-refractivity contribution in [3.05, 3.63) is 59.2 Å². The summed E-state index contributed by atoms with van der Waals surface area (Å²) < 4.78 is 10.9. The van der Waals surface area contributed by atoms with Gasteiger partial charge in [0, 0.05) is 0 Å². The fraction of sp³-hybridized carbons (Fsp3) is 0.333. The van der Waals surface area contributed by atoms with Crippen molar-refractivity contribution in [3.63, 3.8) is 0 Å². The number of rotatable bonds is 6. The van der Waals surface area contributed by atoms with Gasteiger partial charge in [0.15, 0.2) is 0 Å². The monoisotopic (exact) mass is 285 g/mol. The summed E-state index contributed by atoms with van der Waals surface area (Å²) in [6, 6.07) is 13.9. The van der Waals surface area contributed by atoms with Gasteiger partial charge in [-0.25, -0.2) is 0 Å². The topological polar surface area (TPSA) is 44.5 Å². The minimum atomic E-state index is -0.270. The van der Waals surface area contributed by atoms with Crippen molar-refractivity contribution in [2.24, 2.45) is 5.73 Å². The SMILES string of the molecule is CCCc1cccc(C(N)c2c(OC)cccc2OC)c1. The van der Waals surface area contributed by atoms with Crippen LogP contribution in [0.4, 0.5) is 0 Å². The van der Waals surface area contributed by atoms with E-state index in [0.717, 1.165) is 35.5 Å². The van der Waals surface area contributed by atoms with Gasteiger partial charge in [-0.15, -0.1) is 0 Å².